The van der Waals surface area contributed by atoms with Gasteiger partial charge in [-0.2, -0.15) is 4.31 Å². The van der Waals surface area contributed by atoms with Crippen molar-refractivity contribution in [2.24, 2.45) is 0 Å². The summed E-state index contributed by atoms with van der Waals surface area (Å²) in [5.74, 6) is -0.999. The Hall–Kier alpha value is -2.71. The Kier molecular flexibility index (Phi) is 8.04. The van der Waals surface area contributed by atoms with Crippen LogP contribution in [0.15, 0.2) is 59.5 Å². The predicted octanol–water partition coefficient (Wildman–Crippen LogP) is 3.85. The first-order valence-electron chi connectivity index (χ1n) is 11.0. The molecule has 0 N–H and O–H groups in total. The second-order valence-corrected chi connectivity index (χ2v) is 9.75. The molecule has 1 aliphatic rings. The molecule has 0 aliphatic carbocycles. The first-order valence-corrected chi connectivity index (χ1v) is 12.5. The average molecular weight is 459 g/mol. The van der Waals surface area contributed by atoms with Crippen molar-refractivity contribution in [2.45, 2.75) is 50.5 Å². The van der Waals surface area contributed by atoms with Crippen molar-refractivity contribution in [1.29, 1.82) is 0 Å². The lowest BCUT2D eigenvalue weighted by Gasteiger charge is -2.24. The van der Waals surface area contributed by atoms with Crippen molar-refractivity contribution in [3.63, 3.8) is 0 Å². The number of para-hydroxylation sites is 1. The molecule has 0 spiro atoms. The Balaban J connectivity index is 1.67. The molecule has 172 valence electrons. The van der Waals surface area contributed by atoms with Gasteiger partial charge in [-0.15, -0.1) is 0 Å². The number of hydrogen-bond acceptors (Lipinski definition) is 5. The average Bonchev–Trinajstić information content (AvgIpc) is 3.10. The molecule has 0 radical (unpaired) electrons. The smallest absolute Gasteiger partial charge is 0.338 e. The molecular weight excluding hydrogens is 428 g/mol. The van der Waals surface area contributed by atoms with Gasteiger partial charge in [-0.05, 0) is 63.1 Å². The van der Waals surface area contributed by atoms with Gasteiger partial charge in [0, 0.05) is 25.3 Å². The minimum absolute atomic E-state index is 0.154. The summed E-state index contributed by atoms with van der Waals surface area (Å²) in [4.78, 5) is 27.1. The van der Waals surface area contributed by atoms with Gasteiger partial charge in [-0.25, -0.2) is 13.2 Å². The third-order valence-corrected chi connectivity index (χ3v) is 7.49. The maximum Gasteiger partial charge on any atom is 0.338 e. The third kappa shape index (κ3) is 5.55. The van der Waals surface area contributed by atoms with E-state index in [-0.39, 0.29) is 16.4 Å². The van der Waals surface area contributed by atoms with Gasteiger partial charge in [0.05, 0.1) is 10.5 Å². The molecule has 1 atom stereocenters. The molecule has 1 amide bonds. The maximum absolute atomic E-state index is 12.9. The highest BCUT2D eigenvalue weighted by Crippen LogP contribution is 2.21. The zero-order chi connectivity index (χ0) is 23.1. The summed E-state index contributed by atoms with van der Waals surface area (Å²) in [5, 5.41) is 0. The fraction of sp³-hybridized carbons (Fsp3) is 0.417. The van der Waals surface area contributed by atoms with Gasteiger partial charge < -0.3 is 9.64 Å². The van der Waals surface area contributed by atoms with E-state index in [1.165, 1.54) is 35.5 Å². The number of ether oxygens (including phenoxy) is 1. The summed E-state index contributed by atoms with van der Waals surface area (Å²) in [7, 11) is -3.59. The quantitative estimate of drug-likeness (QED) is 0.589. The van der Waals surface area contributed by atoms with Gasteiger partial charge in [0.15, 0.2) is 6.10 Å². The highest BCUT2D eigenvalue weighted by atomic mass is 32.2. The molecule has 32 heavy (non-hydrogen) atoms. The summed E-state index contributed by atoms with van der Waals surface area (Å²) in [6.07, 6.45) is 2.80. The molecule has 7 nitrogen and oxygen atoms in total. The topological polar surface area (TPSA) is 84.0 Å². The molecule has 8 heteroatoms. The van der Waals surface area contributed by atoms with Crippen molar-refractivity contribution < 1.29 is 22.7 Å². The molecule has 0 aromatic heterocycles. The van der Waals surface area contributed by atoms with Gasteiger partial charge in [0.25, 0.3) is 5.91 Å². The van der Waals surface area contributed by atoms with Crippen LogP contribution in [-0.4, -0.2) is 50.3 Å². The number of carbonyl (C=O) groups is 2. The van der Waals surface area contributed by atoms with Crippen LogP contribution < -0.4 is 4.90 Å². The minimum Gasteiger partial charge on any atom is -0.449 e. The van der Waals surface area contributed by atoms with Crippen LogP contribution in [0, 0.1) is 0 Å². The molecule has 3 rings (SSSR count). The van der Waals surface area contributed by atoms with Crippen LogP contribution in [0.3, 0.4) is 0 Å². The van der Waals surface area contributed by atoms with Crippen molar-refractivity contribution >= 4 is 27.6 Å². The number of benzene rings is 2. The van der Waals surface area contributed by atoms with E-state index in [9.17, 15) is 18.0 Å². The van der Waals surface area contributed by atoms with E-state index in [2.05, 4.69) is 0 Å². The molecule has 2 aromatic carbocycles. The molecule has 1 saturated heterocycles. The fourth-order valence-electron chi connectivity index (χ4n) is 3.77. The normalized spacial score (nSPS) is 16.1. The number of hydrogen-bond donors (Lipinski definition) is 0. The molecule has 2 aromatic rings. The first kappa shape index (κ1) is 23.9. The molecule has 0 saturated carbocycles. The summed E-state index contributed by atoms with van der Waals surface area (Å²) in [5.41, 5.74) is 0.924. The Bertz CT molecular complexity index is 1010. The van der Waals surface area contributed by atoms with Crippen molar-refractivity contribution in [3.05, 3.63) is 60.2 Å². The van der Waals surface area contributed by atoms with Gasteiger partial charge in [-0.3, -0.25) is 4.79 Å². The van der Waals surface area contributed by atoms with Gasteiger partial charge in [0.1, 0.15) is 0 Å². The van der Waals surface area contributed by atoms with Crippen LogP contribution in [0.25, 0.3) is 0 Å². The molecule has 1 heterocycles. The highest BCUT2D eigenvalue weighted by Gasteiger charge is 2.27. The van der Waals surface area contributed by atoms with Crippen molar-refractivity contribution in [1.82, 2.24) is 4.31 Å². The number of carbonyl (C=O) groups excluding carboxylic acids is 2. The standard InChI is InChI=1S/C24H30N2O5S/c1-3-26(21-11-7-6-8-12-21)23(27)19(2)31-24(28)20-13-15-22(16-14-20)32(29,30)25-17-9-4-5-10-18-25/h6-8,11-16,19H,3-5,9-10,17-18H2,1-2H3/t19-/m1/s1. The second kappa shape index (κ2) is 10.7. The van der Waals surface area contributed by atoms with Crippen LogP contribution >= 0.6 is 0 Å². The van der Waals surface area contributed by atoms with E-state index in [0.29, 0.717) is 19.6 Å². The number of anilines is 1. The molecule has 1 aliphatic heterocycles. The monoisotopic (exact) mass is 458 g/mol. The Morgan fingerprint density at radius 2 is 1.56 bits per heavy atom. The maximum atomic E-state index is 12.9. The highest BCUT2D eigenvalue weighted by molar-refractivity contribution is 7.89. The van der Waals surface area contributed by atoms with E-state index < -0.39 is 22.1 Å². The van der Waals surface area contributed by atoms with Crippen LogP contribution in [0.5, 0.6) is 0 Å². The Morgan fingerprint density at radius 3 is 2.12 bits per heavy atom. The summed E-state index contributed by atoms with van der Waals surface area (Å²) in [6, 6.07) is 14.9. The molecular formula is C24H30N2O5S. The van der Waals surface area contributed by atoms with E-state index in [1.807, 2.05) is 37.3 Å². The first-order chi connectivity index (χ1) is 15.3. The molecule has 1 fully saturated rings. The molecule has 0 bridgehead atoms. The zero-order valence-electron chi connectivity index (χ0n) is 18.6. The summed E-state index contributed by atoms with van der Waals surface area (Å²) >= 11 is 0. The largest absolute Gasteiger partial charge is 0.449 e. The second-order valence-electron chi connectivity index (χ2n) is 7.81. The van der Waals surface area contributed by atoms with E-state index >= 15 is 0 Å². The van der Waals surface area contributed by atoms with E-state index in [1.54, 1.807) is 4.90 Å². The van der Waals surface area contributed by atoms with Crippen LogP contribution in [-0.2, 0) is 19.6 Å². The lowest BCUT2D eigenvalue weighted by molar-refractivity contribution is -0.126. The van der Waals surface area contributed by atoms with Gasteiger partial charge in [-0.1, -0.05) is 31.0 Å². The lowest BCUT2D eigenvalue weighted by Crippen LogP contribution is -2.40. The van der Waals surface area contributed by atoms with Crippen molar-refractivity contribution in [2.75, 3.05) is 24.5 Å². The minimum atomic E-state index is -3.59. The van der Waals surface area contributed by atoms with Crippen molar-refractivity contribution in [3.8, 4) is 0 Å². The number of rotatable bonds is 7. The number of likely N-dealkylation sites (N-methyl/N-ethyl adjacent to an activating group) is 1. The summed E-state index contributed by atoms with van der Waals surface area (Å²) < 4.78 is 32.7. The van der Waals surface area contributed by atoms with E-state index in [4.69, 9.17) is 4.74 Å². The van der Waals surface area contributed by atoms with Gasteiger partial charge in [0.2, 0.25) is 10.0 Å². The van der Waals surface area contributed by atoms with Crippen LogP contribution in [0.2, 0.25) is 0 Å². The number of nitrogens with zero attached hydrogens (tertiary/aromatic N) is 2. The van der Waals surface area contributed by atoms with Gasteiger partial charge >= 0.3 is 5.97 Å². The lowest BCUT2D eigenvalue weighted by atomic mass is 10.2. The Morgan fingerprint density at radius 1 is 0.969 bits per heavy atom. The number of esters is 1. The SMILES string of the molecule is CCN(C(=O)[C@@H](C)OC(=O)c1ccc(S(=O)(=O)N2CCCCCC2)cc1)c1ccccc1. The third-order valence-electron chi connectivity index (χ3n) is 5.57. The predicted molar refractivity (Wildman–Crippen MR) is 123 cm³/mol. The fourth-order valence-corrected chi connectivity index (χ4v) is 5.28. The number of amides is 1. The summed E-state index contributed by atoms with van der Waals surface area (Å²) in [6.45, 7) is 4.85. The van der Waals surface area contributed by atoms with E-state index in [0.717, 1.165) is 31.4 Å². The Labute approximate surface area is 190 Å². The number of sulfonamides is 1. The van der Waals surface area contributed by atoms with Crippen LogP contribution in [0.1, 0.15) is 49.9 Å². The molecule has 0 unspecified atom stereocenters. The van der Waals surface area contributed by atoms with Crippen LogP contribution in [0.4, 0.5) is 5.69 Å². The zero-order valence-corrected chi connectivity index (χ0v) is 19.4.